The zero-order valence-corrected chi connectivity index (χ0v) is 8.28. The van der Waals surface area contributed by atoms with Crippen LogP contribution in [-0.4, -0.2) is 11.0 Å². The highest BCUT2D eigenvalue weighted by atomic mass is 79.9. The number of hydrogen-bond acceptors (Lipinski definition) is 2. The van der Waals surface area contributed by atoms with Crippen LogP contribution in [0.15, 0.2) is 28.9 Å². The van der Waals surface area contributed by atoms with Gasteiger partial charge in [-0.15, -0.1) is 0 Å². The molecule has 0 aliphatic carbocycles. The molecule has 0 aliphatic rings. The van der Waals surface area contributed by atoms with Crippen LogP contribution in [0, 0.1) is 0 Å². The summed E-state index contributed by atoms with van der Waals surface area (Å²) in [5.41, 5.74) is 1.46. The fraction of sp³-hybridized carbons (Fsp3) is 0. The molecule has 3 nitrogen and oxygen atoms in total. The lowest BCUT2D eigenvalue weighted by Crippen LogP contribution is -2.04. The van der Waals surface area contributed by atoms with Crippen molar-refractivity contribution < 1.29 is 4.79 Å². The number of rotatable bonds is 1. The summed E-state index contributed by atoms with van der Waals surface area (Å²) in [4.78, 5) is 10.7. The van der Waals surface area contributed by atoms with Gasteiger partial charge in [-0.2, -0.15) is 0 Å². The number of halogens is 1. The molecule has 2 N–H and O–H groups in total. The Hall–Kier alpha value is -1.29. The van der Waals surface area contributed by atoms with Crippen LogP contribution in [0.5, 0.6) is 0 Å². The Kier molecular flexibility index (Phi) is 1.84. The van der Waals surface area contributed by atoms with E-state index in [0.717, 1.165) is 21.7 Å². The van der Waals surface area contributed by atoms with E-state index in [-0.39, 0.29) is 0 Å². The largest absolute Gasteiger partial charge is 0.339 e. The second-order valence-corrected chi connectivity index (χ2v) is 3.69. The van der Waals surface area contributed by atoms with Crippen LogP contribution in [0.4, 0.5) is 0 Å². The van der Waals surface area contributed by atoms with Gasteiger partial charge in [0.15, 0.2) is 6.29 Å². The molecule has 66 valence electrons. The van der Waals surface area contributed by atoms with Crippen molar-refractivity contribution in [1.29, 1.82) is 0 Å². The van der Waals surface area contributed by atoms with Gasteiger partial charge in [0.25, 0.3) is 0 Å². The lowest BCUT2D eigenvalue weighted by molar-refractivity contribution is 0.112. The maximum Gasteiger partial charge on any atom is 0.152 e. The lowest BCUT2D eigenvalue weighted by atomic mass is 10.2. The van der Waals surface area contributed by atoms with Gasteiger partial charge in [-0.05, 0) is 18.2 Å². The number of hydrogen-bond donors (Lipinski definition) is 1. The summed E-state index contributed by atoms with van der Waals surface area (Å²) in [5, 5.41) is 0.867. The van der Waals surface area contributed by atoms with Crippen LogP contribution in [-0.2, 0) is 0 Å². The number of fused-ring (bicyclic) bond motifs is 1. The minimum absolute atomic E-state index is 0.610. The number of benzene rings is 1. The molecule has 0 aliphatic heterocycles. The van der Waals surface area contributed by atoms with Crippen molar-refractivity contribution in [1.82, 2.24) is 4.68 Å². The van der Waals surface area contributed by atoms with Gasteiger partial charge in [0.1, 0.15) is 0 Å². The fourth-order valence-corrected chi connectivity index (χ4v) is 1.71. The summed E-state index contributed by atoms with van der Waals surface area (Å²) in [5.74, 6) is 5.65. The average Bonchev–Trinajstić information content (AvgIpc) is 2.42. The Balaban J connectivity index is 2.89. The number of carbonyl (C=O) groups is 1. The van der Waals surface area contributed by atoms with Crippen molar-refractivity contribution >= 4 is 33.1 Å². The zero-order valence-electron chi connectivity index (χ0n) is 6.70. The first-order valence-electron chi connectivity index (χ1n) is 3.73. The molecule has 13 heavy (non-hydrogen) atoms. The van der Waals surface area contributed by atoms with Crippen molar-refractivity contribution in [2.45, 2.75) is 0 Å². The molecule has 1 aromatic carbocycles. The predicted molar refractivity (Wildman–Crippen MR) is 55.2 cm³/mol. The predicted octanol–water partition coefficient (Wildman–Crippen LogP) is 1.93. The summed E-state index contributed by atoms with van der Waals surface area (Å²) in [7, 11) is 0. The van der Waals surface area contributed by atoms with Gasteiger partial charge in [0.2, 0.25) is 0 Å². The van der Waals surface area contributed by atoms with Crippen LogP contribution in [0.2, 0.25) is 0 Å². The van der Waals surface area contributed by atoms with Gasteiger partial charge >= 0.3 is 0 Å². The number of aldehydes is 1. The van der Waals surface area contributed by atoms with E-state index in [1.54, 1.807) is 6.20 Å². The Morgan fingerprint density at radius 2 is 2.23 bits per heavy atom. The molecule has 2 rings (SSSR count). The van der Waals surface area contributed by atoms with Crippen molar-refractivity contribution in [2.24, 2.45) is 0 Å². The minimum Gasteiger partial charge on any atom is -0.339 e. The molecular formula is C9H7BrN2O. The molecule has 1 heterocycles. The van der Waals surface area contributed by atoms with Crippen LogP contribution in [0.25, 0.3) is 10.9 Å². The van der Waals surface area contributed by atoms with Crippen molar-refractivity contribution in [3.63, 3.8) is 0 Å². The highest BCUT2D eigenvalue weighted by molar-refractivity contribution is 9.10. The summed E-state index contributed by atoms with van der Waals surface area (Å²) in [6, 6.07) is 5.63. The number of aromatic nitrogens is 1. The van der Waals surface area contributed by atoms with Crippen molar-refractivity contribution in [3.8, 4) is 0 Å². The Morgan fingerprint density at radius 1 is 1.46 bits per heavy atom. The molecule has 0 amide bonds. The fourth-order valence-electron chi connectivity index (χ4n) is 1.35. The molecule has 0 unspecified atom stereocenters. The van der Waals surface area contributed by atoms with Gasteiger partial charge in [-0.3, -0.25) is 9.47 Å². The number of nitrogens with zero attached hydrogens (tertiary/aromatic N) is 1. The van der Waals surface area contributed by atoms with E-state index in [1.807, 2.05) is 18.2 Å². The summed E-state index contributed by atoms with van der Waals surface area (Å²) >= 11 is 3.34. The summed E-state index contributed by atoms with van der Waals surface area (Å²) < 4.78 is 2.39. The van der Waals surface area contributed by atoms with Crippen LogP contribution in [0.3, 0.4) is 0 Å². The molecule has 2 aromatic rings. The molecule has 0 bridgehead atoms. The number of carbonyl (C=O) groups excluding carboxylic acids is 1. The van der Waals surface area contributed by atoms with E-state index >= 15 is 0 Å². The van der Waals surface area contributed by atoms with E-state index < -0.39 is 0 Å². The highest BCUT2D eigenvalue weighted by Gasteiger charge is 2.05. The maximum atomic E-state index is 10.7. The van der Waals surface area contributed by atoms with E-state index in [9.17, 15) is 4.79 Å². The molecule has 0 saturated carbocycles. The third kappa shape index (κ3) is 1.23. The number of nitrogens with two attached hydrogens (primary N) is 1. The SMILES string of the molecule is Nn1cc(C=O)c2cc(Br)ccc21. The molecule has 0 radical (unpaired) electrons. The first kappa shape index (κ1) is 8.31. The van der Waals surface area contributed by atoms with Gasteiger partial charge in [0, 0.05) is 21.6 Å². The topological polar surface area (TPSA) is 48.0 Å². The van der Waals surface area contributed by atoms with E-state index in [4.69, 9.17) is 5.84 Å². The zero-order chi connectivity index (χ0) is 9.42. The van der Waals surface area contributed by atoms with Gasteiger partial charge in [-0.1, -0.05) is 15.9 Å². The molecule has 0 fully saturated rings. The van der Waals surface area contributed by atoms with Crippen molar-refractivity contribution in [3.05, 3.63) is 34.4 Å². The average molecular weight is 239 g/mol. The monoisotopic (exact) mass is 238 g/mol. The third-order valence-corrected chi connectivity index (χ3v) is 2.45. The minimum atomic E-state index is 0.610. The highest BCUT2D eigenvalue weighted by Crippen LogP contribution is 2.22. The first-order valence-corrected chi connectivity index (χ1v) is 4.52. The standard InChI is InChI=1S/C9H7BrN2O/c10-7-1-2-9-8(3-7)6(5-13)4-12(9)11/h1-5H,11H2. The maximum absolute atomic E-state index is 10.7. The molecular weight excluding hydrogens is 232 g/mol. The Morgan fingerprint density at radius 3 is 2.92 bits per heavy atom. The molecule has 1 aromatic heterocycles. The van der Waals surface area contributed by atoms with Crippen LogP contribution < -0.4 is 5.84 Å². The summed E-state index contributed by atoms with van der Waals surface area (Å²) in [6.45, 7) is 0. The van der Waals surface area contributed by atoms with Crippen LogP contribution in [0.1, 0.15) is 10.4 Å². The Labute approximate surface area is 83.2 Å². The third-order valence-electron chi connectivity index (χ3n) is 1.95. The summed E-state index contributed by atoms with van der Waals surface area (Å²) in [6.07, 6.45) is 2.42. The second-order valence-electron chi connectivity index (χ2n) is 2.77. The van der Waals surface area contributed by atoms with Gasteiger partial charge < -0.3 is 5.84 Å². The number of nitrogen functional groups attached to an aromatic ring is 1. The molecule has 0 saturated heterocycles. The smallest absolute Gasteiger partial charge is 0.152 e. The second kappa shape index (κ2) is 2.88. The quantitative estimate of drug-likeness (QED) is 0.610. The van der Waals surface area contributed by atoms with Gasteiger partial charge in [-0.25, -0.2) is 0 Å². The molecule has 0 spiro atoms. The van der Waals surface area contributed by atoms with Crippen LogP contribution >= 0.6 is 15.9 Å². The lowest BCUT2D eigenvalue weighted by Gasteiger charge is -1.95. The van der Waals surface area contributed by atoms with E-state index in [2.05, 4.69) is 15.9 Å². The van der Waals surface area contributed by atoms with Gasteiger partial charge in [0.05, 0.1) is 5.52 Å². The van der Waals surface area contributed by atoms with E-state index in [1.165, 1.54) is 4.68 Å². The normalized spacial score (nSPS) is 10.5. The molecule has 4 heteroatoms. The van der Waals surface area contributed by atoms with Crippen molar-refractivity contribution in [2.75, 3.05) is 5.84 Å². The molecule has 0 atom stereocenters. The Bertz CT molecular complexity index is 476. The van der Waals surface area contributed by atoms with E-state index in [0.29, 0.717) is 5.56 Å². The first-order chi connectivity index (χ1) is 6.22.